The van der Waals surface area contributed by atoms with Crippen molar-refractivity contribution in [2.24, 2.45) is 0 Å². The molecule has 19 nitrogen and oxygen atoms in total. The van der Waals surface area contributed by atoms with Crippen LogP contribution in [-0.2, 0) is 63.8 Å². The first kappa shape index (κ1) is 46.8. The van der Waals surface area contributed by atoms with Crippen LogP contribution in [0.5, 0.6) is 5.75 Å². The van der Waals surface area contributed by atoms with Crippen LogP contribution in [0, 0.1) is 0 Å². The topological polar surface area (TPSA) is 266 Å². The number of amides is 4. The van der Waals surface area contributed by atoms with Gasteiger partial charge in [-0.25, -0.2) is 0 Å². The summed E-state index contributed by atoms with van der Waals surface area (Å²) in [7, 11) is 0. The predicted octanol–water partition coefficient (Wildman–Crippen LogP) is -0.275. The van der Waals surface area contributed by atoms with Gasteiger partial charge in [-0.05, 0) is 17.7 Å². The van der Waals surface area contributed by atoms with Gasteiger partial charge in [0.1, 0.15) is 12.4 Å². The van der Waals surface area contributed by atoms with Gasteiger partial charge in [0.2, 0.25) is 23.6 Å². The zero-order valence-electron chi connectivity index (χ0n) is 30.0. The molecular weight excluding hydrogens is 706 g/mol. The fraction of sp³-hybridized carbons (Fsp3) is 0.647. The molecule has 2 heterocycles. The van der Waals surface area contributed by atoms with Gasteiger partial charge in [0.05, 0.1) is 90.5 Å². The predicted molar refractivity (Wildman–Crippen MR) is 184 cm³/mol. The number of anilines is 1. The number of hydrogen-bond donors (Lipinski definition) is 6. The Balaban J connectivity index is 0.00000109. The number of nitrogens with zero attached hydrogens (tertiary/aromatic N) is 1. The zero-order chi connectivity index (χ0) is 39.3. The number of carboxylic acid groups (broad SMARTS) is 1. The third-order valence-electron chi connectivity index (χ3n) is 7.07. The summed E-state index contributed by atoms with van der Waals surface area (Å²) in [5.74, 6) is -1.44. The lowest BCUT2D eigenvalue weighted by molar-refractivity contribution is -0.144. The molecule has 2 unspecified atom stereocenters. The Bertz CT molecular complexity index is 1230. The number of rotatable bonds is 22. The van der Waals surface area contributed by atoms with E-state index in [0.717, 1.165) is 0 Å². The van der Waals surface area contributed by atoms with Crippen LogP contribution in [0.15, 0.2) is 18.2 Å². The van der Waals surface area contributed by atoms with Gasteiger partial charge < -0.3 is 59.5 Å². The monoisotopic (exact) mass is 759 g/mol. The van der Waals surface area contributed by atoms with Gasteiger partial charge >= 0.3 is 5.97 Å². The summed E-state index contributed by atoms with van der Waals surface area (Å²) in [6.45, 7) is 5.19. The number of aliphatic hydroxyl groups excluding tert-OH is 2. The number of aromatic hydroxyl groups is 1. The molecule has 0 radical (unpaired) electrons. The van der Waals surface area contributed by atoms with Gasteiger partial charge in [-0.1, -0.05) is 13.0 Å². The maximum Gasteiger partial charge on any atom is 0.305 e. The van der Waals surface area contributed by atoms with Crippen LogP contribution in [0.4, 0.5) is 5.69 Å². The van der Waals surface area contributed by atoms with E-state index in [2.05, 4.69) is 10.6 Å². The molecule has 2 aliphatic heterocycles. The smallest absolute Gasteiger partial charge is 0.305 e. The minimum atomic E-state index is -0.459. The Morgan fingerprint density at radius 1 is 0.868 bits per heavy atom. The quantitative estimate of drug-likeness (QED) is 0.0292. The molecule has 53 heavy (non-hydrogen) atoms. The summed E-state index contributed by atoms with van der Waals surface area (Å²) in [6.07, 6.45) is 0.476. The molecule has 2 atom stereocenters. The lowest BCUT2D eigenvalue weighted by atomic mass is 10.1. The molecule has 6 N–H and O–H groups in total. The van der Waals surface area contributed by atoms with Crippen molar-refractivity contribution in [1.29, 1.82) is 0 Å². The molecule has 0 aliphatic carbocycles. The van der Waals surface area contributed by atoms with Gasteiger partial charge in [0.25, 0.3) is 6.47 Å². The van der Waals surface area contributed by atoms with E-state index in [1.54, 1.807) is 13.0 Å². The van der Waals surface area contributed by atoms with E-state index in [-0.39, 0.29) is 107 Å². The SMILES string of the molecule is CCC(=O)OCc1ccc(O)c(NC(=O)CCNC(=O)CCOCCOCCOCCOCCN2C(=O)CCC2=O)c1.O=CO.OC1COCC(O)C1. The van der Waals surface area contributed by atoms with Crippen LogP contribution in [0.2, 0.25) is 0 Å². The van der Waals surface area contributed by atoms with E-state index in [9.17, 15) is 29.1 Å². The minimum Gasteiger partial charge on any atom is -0.506 e. The molecule has 0 bridgehead atoms. The third kappa shape index (κ3) is 23.1. The number of imide groups is 1. The average molecular weight is 760 g/mol. The van der Waals surface area contributed by atoms with Crippen molar-refractivity contribution in [3.05, 3.63) is 23.8 Å². The molecule has 1 aromatic rings. The number of ether oxygens (including phenoxy) is 6. The molecule has 19 heteroatoms. The van der Waals surface area contributed by atoms with Crippen molar-refractivity contribution in [2.45, 2.75) is 64.3 Å². The molecule has 2 fully saturated rings. The number of phenols is 1. The van der Waals surface area contributed by atoms with Crippen LogP contribution in [0.25, 0.3) is 0 Å². The molecule has 0 spiro atoms. The summed E-state index contributed by atoms with van der Waals surface area (Å²) >= 11 is 0. The van der Waals surface area contributed by atoms with Crippen molar-refractivity contribution in [2.75, 3.05) is 84.5 Å². The third-order valence-corrected chi connectivity index (χ3v) is 7.07. The molecule has 2 aliphatic rings. The van der Waals surface area contributed by atoms with Crippen molar-refractivity contribution in [3.63, 3.8) is 0 Å². The second-order valence-electron chi connectivity index (χ2n) is 11.3. The Morgan fingerprint density at radius 3 is 1.94 bits per heavy atom. The van der Waals surface area contributed by atoms with Gasteiger partial charge in [0.15, 0.2) is 0 Å². The van der Waals surface area contributed by atoms with Crippen LogP contribution in [0.3, 0.4) is 0 Å². The fourth-order valence-corrected chi connectivity index (χ4v) is 4.40. The molecular formula is C34H53N3O16. The lowest BCUT2D eigenvalue weighted by Gasteiger charge is -2.21. The number of aliphatic hydroxyl groups is 2. The first-order chi connectivity index (χ1) is 25.5. The summed E-state index contributed by atoms with van der Waals surface area (Å²) in [4.78, 5) is 68.0. The number of likely N-dealkylation sites (tertiary alicyclic amines) is 1. The number of nitrogens with one attached hydrogen (secondary N) is 2. The van der Waals surface area contributed by atoms with Crippen LogP contribution in [0.1, 0.15) is 51.0 Å². The molecule has 0 aromatic heterocycles. The van der Waals surface area contributed by atoms with E-state index in [4.69, 9.17) is 48.5 Å². The highest BCUT2D eigenvalue weighted by Gasteiger charge is 2.28. The Kier molecular flexibility index (Phi) is 25.8. The van der Waals surface area contributed by atoms with Crippen LogP contribution in [-0.4, -0.2) is 153 Å². The number of hydrogen-bond acceptors (Lipinski definition) is 15. The second-order valence-corrected chi connectivity index (χ2v) is 11.3. The maximum absolute atomic E-state index is 12.2. The van der Waals surface area contributed by atoms with Crippen molar-refractivity contribution >= 4 is 41.8 Å². The molecule has 3 rings (SSSR count). The lowest BCUT2D eigenvalue weighted by Crippen LogP contribution is -2.32. The first-order valence-electron chi connectivity index (χ1n) is 17.2. The standard InChI is InChI=1S/C28H41N3O11.C5H10O3.CH2O2/c1-2-28(37)42-20-21-3-4-23(32)22(19-21)30-25(34)7-9-29-24(33)8-11-38-13-15-40-17-18-41-16-14-39-12-10-31-26(35)5-6-27(31)36;6-4-1-5(7)3-8-2-4;2-1-3/h3-4,19,32H,2,5-18,20H2,1H3,(H,29,33)(H,30,34);4-7H,1-3H2;1H,(H,2,3). The van der Waals surface area contributed by atoms with E-state index in [1.165, 1.54) is 17.0 Å². The minimum absolute atomic E-state index is 0.00371. The highest BCUT2D eigenvalue weighted by Crippen LogP contribution is 2.25. The largest absolute Gasteiger partial charge is 0.506 e. The number of esters is 1. The van der Waals surface area contributed by atoms with E-state index < -0.39 is 18.1 Å². The van der Waals surface area contributed by atoms with Crippen LogP contribution >= 0.6 is 0 Å². The van der Waals surface area contributed by atoms with E-state index >= 15 is 0 Å². The van der Waals surface area contributed by atoms with Gasteiger partial charge in [-0.15, -0.1) is 0 Å². The van der Waals surface area contributed by atoms with Gasteiger partial charge in [-0.2, -0.15) is 0 Å². The maximum atomic E-state index is 12.2. The van der Waals surface area contributed by atoms with Crippen molar-refractivity contribution in [3.8, 4) is 5.75 Å². The average Bonchev–Trinajstić information content (AvgIpc) is 3.44. The number of phenolic OH excluding ortho intramolecular Hbond substituents is 1. The number of carbonyl (C=O) groups is 6. The summed E-state index contributed by atoms with van der Waals surface area (Å²) in [6, 6.07) is 4.51. The highest BCUT2D eigenvalue weighted by atomic mass is 16.6. The van der Waals surface area contributed by atoms with Crippen molar-refractivity contribution < 1.29 is 77.6 Å². The summed E-state index contributed by atoms with van der Waals surface area (Å²) in [5, 5.41) is 39.7. The fourth-order valence-electron chi connectivity index (χ4n) is 4.40. The molecule has 1 aromatic carbocycles. The number of benzene rings is 1. The molecule has 2 saturated heterocycles. The van der Waals surface area contributed by atoms with Crippen molar-refractivity contribution in [1.82, 2.24) is 10.2 Å². The van der Waals surface area contributed by atoms with Gasteiger partial charge in [0, 0.05) is 45.1 Å². The first-order valence-corrected chi connectivity index (χ1v) is 17.2. The Hall–Kier alpha value is -4.24. The van der Waals surface area contributed by atoms with Crippen LogP contribution < -0.4 is 10.6 Å². The Morgan fingerprint density at radius 2 is 1.42 bits per heavy atom. The van der Waals surface area contributed by atoms with E-state index in [0.29, 0.717) is 64.8 Å². The molecule has 0 saturated carbocycles. The van der Waals surface area contributed by atoms with E-state index in [1.807, 2.05) is 0 Å². The molecule has 4 amide bonds. The number of carbonyl (C=O) groups excluding carboxylic acids is 5. The highest BCUT2D eigenvalue weighted by molar-refractivity contribution is 6.01. The normalized spacial score (nSPS) is 16.5. The Labute approximate surface area is 307 Å². The van der Waals surface area contributed by atoms with Gasteiger partial charge in [-0.3, -0.25) is 33.7 Å². The molecule has 300 valence electrons. The summed E-state index contributed by atoms with van der Waals surface area (Å²) in [5.41, 5.74) is 0.804. The second kappa shape index (κ2) is 29.2. The summed E-state index contributed by atoms with van der Waals surface area (Å²) < 4.78 is 31.3. The zero-order valence-corrected chi connectivity index (χ0v) is 30.0.